The lowest BCUT2D eigenvalue weighted by atomic mass is 10.4. The van der Waals surface area contributed by atoms with Crippen molar-refractivity contribution >= 4 is 33.2 Å². The Morgan fingerprint density at radius 3 is 3.11 bits per heavy atom. The molecule has 0 N–H and O–H groups in total. The summed E-state index contributed by atoms with van der Waals surface area (Å²) in [6.45, 7) is 1.46. The van der Waals surface area contributed by atoms with Crippen molar-refractivity contribution in [3.05, 3.63) is 32.4 Å². The average Bonchev–Trinajstić information content (AvgIpc) is 3.06. The number of aryl methyl sites for hydroxylation is 1. The predicted octanol–water partition coefficient (Wildman–Crippen LogP) is 2.32. The maximum Gasteiger partial charge on any atom is 0.264 e. The van der Waals surface area contributed by atoms with Gasteiger partial charge in [0.25, 0.3) is 5.91 Å². The van der Waals surface area contributed by atoms with Gasteiger partial charge in [0.05, 0.1) is 15.2 Å². The molecule has 100 valence electrons. The van der Waals surface area contributed by atoms with E-state index in [1.165, 1.54) is 11.3 Å². The van der Waals surface area contributed by atoms with Gasteiger partial charge in [-0.1, -0.05) is 0 Å². The number of fused-ring (bicyclic) bond motifs is 1. The SMILES string of the molecule is CN(Cc1nnc2n1CCC2)C(=O)c1ccc(Br)s1. The first-order valence-corrected chi connectivity index (χ1v) is 7.68. The van der Waals surface area contributed by atoms with Crippen LogP contribution in [-0.2, 0) is 19.5 Å². The van der Waals surface area contributed by atoms with Crippen LogP contribution in [0.15, 0.2) is 15.9 Å². The van der Waals surface area contributed by atoms with Crippen LogP contribution >= 0.6 is 27.3 Å². The zero-order valence-electron chi connectivity index (χ0n) is 10.5. The van der Waals surface area contributed by atoms with E-state index in [0.717, 1.165) is 39.7 Å². The second-order valence-electron chi connectivity index (χ2n) is 4.55. The molecular formula is C12H13BrN4OS. The number of nitrogens with zero attached hydrogens (tertiary/aromatic N) is 4. The summed E-state index contributed by atoms with van der Waals surface area (Å²) in [4.78, 5) is 14.7. The minimum Gasteiger partial charge on any atom is -0.333 e. The number of aromatic nitrogens is 3. The van der Waals surface area contributed by atoms with Gasteiger partial charge in [0, 0.05) is 20.0 Å². The summed E-state index contributed by atoms with van der Waals surface area (Å²) in [5.74, 6) is 1.93. The van der Waals surface area contributed by atoms with Gasteiger partial charge < -0.3 is 9.47 Å². The van der Waals surface area contributed by atoms with Crippen molar-refractivity contribution in [2.24, 2.45) is 0 Å². The van der Waals surface area contributed by atoms with Crippen LogP contribution in [-0.4, -0.2) is 32.6 Å². The number of rotatable bonds is 3. The number of amides is 1. The highest BCUT2D eigenvalue weighted by Crippen LogP contribution is 2.23. The maximum atomic E-state index is 12.2. The van der Waals surface area contributed by atoms with Crippen molar-refractivity contribution in [1.82, 2.24) is 19.7 Å². The van der Waals surface area contributed by atoms with Crippen molar-refractivity contribution in [3.8, 4) is 0 Å². The van der Waals surface area contributed by atoms with Crippen LogP contribution < -0.4 is 0 Å². The molecule has 0 saturated carbocycles. The summed E-state index contributed by atoms with van der Waals surface area (Å²) in [6, 6.07) is 3.72. The van der Waals surface area contributed by atoms with E-state index in [4.69, 9.17) is 0 Å². The summed E-state index contributed by atoms with van der Waals surface area (Å²) in [6.07, 6.45) is 2.11. The fourth-order valence-corrected chi connectivity index (χ4v) is 3.61. The quantitative estimate of drug-likeness (QED) is 0.861. The van der Waals surface area contributed by atoms with E-state index >= 15 is 0 Å². The summed E-state index contributed by atoms with van der Waals surface area (Å²) in [5.41, 5.74) is 0. The van der Waals surface area contributed by atoms with Crippen LogP contribution in [0.25, 0.3) is 0 Å². The molecule has 0 fully saturated rings. The second-order valence-corrected chi connectivity index (χ2v) is 7.02. The third-order valence-electron chi connectivity index (χ3n) is 3.20. The van der Waals surface area contributed by atoms with Crippen LogP contribution in [0, 0.1) is 0 Å². The summed E-state index contributed by atoms with van der Waals surface area (Å²) in [7, 11) is 1.80. The molecule has 0 atom stereocenters. The first-order chi connectivity index (χ1) is 9.15. The first-order valence-electron chi connectivity index (χ1n) is 6.07. The van der Waals surface area contributed by atoms with Gasteiger partial charge in [-0.25, -0.2) is 0 Å². The molecule has 1 amide bonds. The van der Waals surface area contributed by atoms with Crippen molar-refractivity contribution in [1.29, 1.82) is 0 Å². The molecule has 3 rings (SSSR count). The molecule has 0 aliphatic carbocycles. The fraction of sp³-hybridized carbons (Fsp3) is 0.417. The Kier molecular flexibility index (Phi) is 3.40. The third kappa shape index (κ3) is 2.44. The van der Waals surface area contributed by atoms with Crippen LogP contribution in [0.2, 0.25) is 0 Å². The molecular weight excluding hydrogens is 328 g/mol. The second kappa shape index (κ2) is 5.05. The van der Waals surface area contributed by atoms with E-state index in [9.17, 15) is 4.79 Å². The molecule has 0 unspecified atom stereocenters. The Balaban J connectivity index is 1.74. The Morgan fingerprint density at radius 2 is 2.37 bits per heavy atom. The van der Waals surface area contributed by atoms with Gasteiger partial charge in [-0.15, -0.1) is 21.5 Å². The largest absolute Gasteiger partial charge is 0.333 e. The van der Waals surface area contributed by atoms with Gasteiger partial charge in [0.2, 0.25) is 0 Å². The van der Waals surface area contributed by atoms with Crippen molar-refractivity contribution in [2.45, 2.75) is 25.9 Å². The zero-order chi connectivity index (χ0) is 13.4. The Hall–Kier alpha value is -1.21. The normalized spacial score (nSPS) is 13.6. The zero-order valence-corrected chi connectivity index (χ0v) is 12.9. The van der Waals surface area contributed by atoms with E-state index < -0.39 is 0 Å². The number of hydrogen-bond acceptors (Lipinski definition) is 4. The highest BCUT2D eigenvalue weighted by atomic mass is 79.9. The highest BCUT2D eigenvalue weighted by molar-refractivity contribution is 9.11. The van der Waals surface area contributed by atoms with Crippen LogP contribution in [0.4, 0.5) is 0 Å². The van der Waals surface area contributed by atoms with E-state index in [2.05, 4.69) is 30.7 Å². The standard InChI is InChI=1S/C12H13BrN4OS/c1-16(12(18)8-4-5-9(13)19-8)7-11-15-14-10-3-2-6-17(10)11/h4-5H,2-3,6-7H2,1H3. The number of carbonyl (C=O) groups excluding carboxylic acids is 1. The van der Waals surface area contributed by atoms with Gasteiger partial charge >= 0.3 is 0 Å². The maximum absolute atomic E-state index is 12.2. The molecule has 1 aliphatic heterocycles. The molecule has 3 heterocycles. The molecule has 7 heteroatoms. The Labute approximate surface area is 123 Å². The van der Waals surface area contributed by atoms with Crippen LogP contribution in [0.1, 0.15) is 27.7 Å². The summed E-state index contributed by atoms with van der Waals surface area (Å²) in [5, 5.41) is 8.33. The van der Waals surface area contributed by atoms with E-state index in [1.54, 1.807) is 11.9 Å². The lowest BCUT2D eigenvalue weighted by Gasteiger charge is -2.15. The summed E-state index contributed by atoms with van der Waals surface area (Å²) >= 11 is 4.82. The number of thiophene rings is 1. The molecule has 0 spiro atoms. The monoisotopic (exact) mass is 340 g/mol. The van der Waals surface area contributed by atoms with Gasteiger partial charge in [0.1, 0.15) is 5.82 Å². The minimum absolute atomic E-state index is 0.0195. The van der Waals surface area contributed by atoms with E-state index in [-0.39, 0.29) is 5.91 Å². The number of hydrogen-bond donors (Lipinski definition) is 0. The predicted molar refractivity (Wildman–Crippen MR) is 76.2 cm³/mol. The van der Waals surface area contributed by atoms with E-state index in [1.807, 2.05) is 12.1 Å². The molecule has 5 nitrogen and oxygen atoms in total. The number of carbonyl (C=O) groups is 1. The van der Waals surface area contributed by atoms with Gasteiger partial charge in [-0.3, -0.25) is 4.79 Å². The minimum atomic E-state index is 0.0195. The molecule has 0 radical (unpaired) electrons. The Bertz CT molecular complexity index is 621. The Morgan fingerprint density at radius 1 is 1.53 bits per heavy atom. The molecule has 0 aromatic carbocycles. The average molecular weight is 341 g/mol. The van der Waals surface area contributed by atoms with Crippen LogP contribution in [0.3, 0.4) is 0 Å². The molecule has 2 aromatic heterocycles. The van der Waals surface area contributed by atoms with Gasteiger partial charge in [-0.05, 0) is 34.5 Å². The smallest absolute Gasteiger partial charge is 0.264 e. The van der Waals surface area contributed by atoms with Crippen molar-refractivity contribution in [3.63, 3.8) is 0 Å². The van der Waals surface area contributed by atoms with Gasteiger partial charge in [0.15, 0.2) is 5.82 Å². The van der Waals surface area contributed by atoms with Crippen molar-refractivity contribution < 1.29 is 4.79 Å². The van der Waals surface area contributed by atoms with Crippen molar-refractivity contribution in [2.75, 3.05) is 7.05 Å². The molecule has 0 bridgehead atoms. The molecule has 2 aromatic rings. The first kappa shape index (κ1) is 12.8. The lowest BCUT2D eigenvalue weighted by molar-refractivity contribution is 0.0785. The summed E-state index contributed by atoms with van der Waals surface area (Å²) < 4.78 is 3.08. The number of halogens is 1. The molecule has 19 heavy (non-hydrogen) atoms. The highest BCUT2D eigenvalue weighted by Gasteiger charge is 2.21. The van der Waals surface area contributed by atoms with Crippen LogP contribution in [0.5, 0.6) is 0 Å². The lowest BCUT2D eigenvalue weighted by Crippen LogP contribution is -2.27. The molecule has 1 aliphatic rings. The van der Waals surface area contributed by atoms with E-state index in [0.29, 0.717) is 6.54 Å². The third-order valence-corrected chi connectivity index (χ3v) is 4.81. The molecule has 0 saturated heterocycles. The fourth-order valence-electron chi connectivity index (χ4n) is 2.23. The topological polar surface area (TPSA) is 51.0 Å². The van der Waals surface area contributed by atoms with Gasteiger partial charge in [-0.2, -0.15) is 0 Å².